The summed E-state index contributed by atoms with van der Waals surface area (Å²) in [7, 11) is 0. The molecule has 0 bridgehead atoms. The van der Waals surface area contributed by atoms with Crippen molar-refractivity contribution in [3.8, 4) is 0 Å². The summed E-state index contributed by atoms with van der Waals surface area (Å²) in [5.41, 5.74) is 6.36. The van der Waals surface area contributed by atoms with Gasteiger partial charge in [-0.1, -0.05) is 60.7 Å². The van der Waals surface area contributed by atoms with Crippen LogP contribution in [0.4, 0.5) is 0 Å². The highest BCUT2D eigenvalue weighted by atomic mass is 32.1. The highest BCUT2D eigenvalue weighted by Gasteiger charge is 2.18. The maximum absolute atomic E-state index is 5.60. The molecule has 0 aromatic heterocycles. The van der Waals surface area contributed by atoms with Gasteiger partial charge >= 0.3 is 0 Å². The van der Waals surface area contributed by atoms with Crippen molar-refractivity contribution >= 4 is 23.0 Å². The van der Waals surface area contributed by atoms with E-state index in [2.05, 4.69) is 64.4 Å². The van der Waals surface area contributed by atoms with Crippen molar-refractivity contribution in [2.75, 3.05) is 13.2 Å². The summed E-state index contributed by atoms with van der Waals surface area (Å²) in [5.74, 6) is 0.0888. The molecule has 1 saturated heterocycles. The predicted octanol–water partition coefficient (Wildman–Crippen LogP) is 3.84. The largest absolute Gasteiger partial charge is 0.376 e. The first kappa shape index (κ1) is 18.5. The average molecular weight is 368 g/mol. The van der Waals surface area contributed by atoms with Crippen molar-refractivity contribution in [1.29, 1.82) is 0 Å². The predicted molar refractivity (Wildman–Crippen MR) is 111 cm³/mol. The van der Waals surface area contributed by atoms with Crippen molar-refractivity contribution in [3.63, 3.8) is 0 Å². The Hall–Kier alpha value is -2.24. The molecule has 2 aromatic carbocycles. The fraction of sp³-hybridized carbons (Fsp3) is 0.333. The van der Waals surface area contributed by atoms with E-state index in [1.807, 2.05) is 19.1 Å². The Morgan fingerprint density at radius 2 is 1.73 bits per heavy atom. The molecular weight excluding hydrogens is 342 g/mol. The van der Waals surface area contributed by atoms with Crippen LogP contribution < -0.4 is 10.7 Å². The zero-order chi connectivity index (χ0) is 18.2. The number of ether oxygens (including phenoxy) is 1. The van der Waals surface area contributed by atoms with Crippen LogP contribution in [0.3, 0.4) is 0 Å². The first-order valence-corrected chi connectivity index (χ1v) is 9.44. The fourth-order valence-corrected chi connectivity index (χ4v) is 3.35. The maximum Gasteiger partial charge on any atom is 0.187 e. The van der Waals surface area contributed by atoms with E-state index in [0.29, 0.717) is 5.11 Å². The van der Waals surface area contributed by atoms with Gasteiger partial charge in [-0.2, -0.15) is 5.10 Å². The number of benzene rings is 2. The van der Waals surface area contributed by atoms with Gasteiger partial charge in [-0.25, -0.2) is 0 Å². The third-order valence-corrected chi connectivity index (χ3v) is 4.77. The molecule has 136 valence electrons. The molecule has 1 heterocycles. The lowest BCUT2D eigenvalue weighted by Gasteiger charge is -2.18. The smallest absolute Gasteiger partial charge is 0.187 e. The average Bonchev–Trinajstić information content (AvgIpc) is 3.20. The molecule has 0 saturated carbocycles. The van der Waals surface area contributed by atoms with Gasteiger partial charge in [-0.15, -0.1) is 0 Å². The van der Waals surface area contributed by atoms with Crippen LogP contribution in [0.15, 0.2) is 65.8 Å². The Morgan fingerprint density at radius 3 is 2.27 bits per heavy atom. The summed E-state index contributed by atoms with van der Waals surface area (Å²) in [6.07, 6.45) is 2.46. The number of thiocarbonyl (C=S) groups is 1. The molecule has 1 fully saturated rings. The van der Waals surface area contributed by atoms with Gasteiger partial charge in [0.2, 0.25) is 0 Å². The van der Waals surface area contributed by atoms with Crippen LogP contribution in [0.5, 0.6) is 0 Å². The van der Waals surface area contributed by atoms with E-state index in [9.17, 15) is 0 Å². The van der Waals surface area contributed by atoms with Crippen LogP contribution in [0.25, 0.3) is 0 Å². The summed E-state index contributed by atoms with van der Waals surface area (Å²) < 4.78 is 5.60. The van der Waals surface area contributed by atoms with Crippen molar-refractivity contribution < 1.29 is 4.74 Å². The molecule has 5 heteroatoms. The van der Waals surface area contributed by atoms with Crippen molar-refractivity contribution in [3.05, 3.63) is 71.8 Å². The minimum Gasteiger partial charge on any atom is -0.376 e. The zero-order valence-corrected chi connectivity index (χ0v) is 15.8. The van der Waals surface area contributed by atoms with Gasteiger partial charge in [-0.05, 0) is 43.1 Å². The Balaban J connectivity index is 1.67. The number of rotatable bonds is 6. The number of hydrogen-bond acceptors (Lipinski definition) is 3. The molecule has 0 radical (unpaired) electrons. The van der Waals surface area contributed by atoms with E-state index in [1.54, 1.807) is 0 Å². The van der Waals surface area contributed by atoms with Crippen LogP contribution >= 0.6 is 12.2 Å². The van der Waals surface area contributed by atoms with Crippen LogP contribution in [0, 0.1) is 0 Å². The van der Waals surface area contributed by atoms with E-state index in [4.69, 9.17) is 17.0 Å². The van der Waals surface area contributed by atoms with Gasteiger partial charge in [-0.3, -0.25) is 5.43 Å². The Labute approximate surface area is 160 Å². The molecule has 2 N–H and O–H groups in total. The van der Waals surface area contributed by atoms with Gasteiger partial charge in [0.1, 0.15) is 0 Å². The Morgan fingerprint density at radius 1 is 1.12 bits per heavy atom. The summed E-state index contributed by atoms with van der Waals surface area (Å²) in [6, 6.07) is 20.8. The molecular formula is C21H25N3OS. The summed E-state index contributed by atoms with van der Waals surface area (Å²) >= 11 is 5.34. The number of nitrogens with one attached hydrogen (secondary N) is 2. The number of hydrogen-bond donors (Lipinski definition) is 2. The minimum atomic E-state index is 0.0888. The topological polar surface area (TPSA) is 45.7 Å². The first-order chi connectivity index (χ1) is 12.7. The van der Waals surface area contributed by atoms with Gasteiger partial charge < -0.3 is 10.1 Å². The SMILES string of the molecule is C/C(=N/NC(=S)NC[C@@H]1CCCO1)C(c1ccccc1)c1ccccc1. The van der Waals surface area contributed by atoms with E-state index in [-0.39, 0.29) is 12.0 Å². The molecule has 0 amide bonds. The number of nitrogens with zero attached hydrogens (tertiary/aromatic N) is 1. The third kappa shape index (κ3) is 5.13. The van der Waals surface area contributed by atoms with Crippen molar-refractivity contribution in [1.82, 2.24) is 10.7 Å². The van der Waals surface area contributed by atoms with Crippen LogP contribution in [-0.4, -0.2) is 30.1 Å². The molecule has 0 spiro atoms. The first-order valence-electron chi connectivity index (χ1n) is 9.03. The van der Waals surface area contributed by atoms with E-state index >= 15 is 0 Å². The molecule has 0 aliphatic carbocycles. The molecule has 3 rings (SSSR count). The van der Waals surface area contributed by atoms with Crippen LogP contribution in [-0.2, 0) is 4.74 Å². The highest BCUT2D eigenvalue weighted by Crippen LogP contribution is 2.25. The normalized spacial score (nSPS) is 17.3. The number of hydrazone groups is 1. The lowest BCUT2D eigenvalue weighted by Crippen LogP contribution is -2.37. The molecule has 1 atom stereocenters. The van der Waals surface area contributed by atoms with Gasteiger partial charge in [0, 0.05) is 24.8 Å². The van der Waals surface area contributed by atoms with E-state index < -0.39 is 0 Å². The molecule has 1 aliphatic heterocycles. The maximum atomic E-state index is 5.60. The van der Waals surface area contributed by atoms with Crippen LogP contribution in [0.2, 0.25) is 0 Å². The van der Waals surface area contributed by atoms with E-state index in [0.717, 1.165) is 31.7 Å². The van der Waals surface area contributed by atoms with Crippen molar-refractivity contribution in [2.45, 2.75) is 31.8 Å². The van der Waals surface area contributed by atoms with Gasteiger partial charge in [0.05, 0.1) is 6.10 Å². The quantitative estimate of drug-likeness (QED) is 0.463. The monoisotopic (exact) mass is 367 g/mol. The second-order valence-corrected chi connectivity index (χ2v) is 6.87. The second-order valence-electron chi connectivity index (χ2n) is 6.46. The lowest BCUT2D eigenvalue weighted by atomic mass is 9.88. The standard InChI is InChI=1S/C21H25N3OS/c1-16(23-24-21(26)22-15-19-13-8-14-25-19)20(17-9-4-2-5-10-17)18-11-6-3-7-12-18/h2-7,9-12,19-20H,8,13-15H2,1H3,(H2,22,24,26)/b23-16-/t19-/m0/s1. The van der Waals surface area contributed by atoms with Gasteiger partial charge in [0.15, 0.2) is 5.11 Å². The minimum absolute atomic E-state index is 0.0888. The molecule has 0 unspecified atom stereocenters. The van der Waals surface area contributed by atoms with E-state index in [1.165, 1.54) is 11.1 Å². The molecule has 4 nitrogen and oxygen atoms in total. The second kappa shape index (κ2) is 9.46. The lowest BCUT2D eigenvalue weighted by molar-refractivity contribution is 0.114. The molecule has 1 aliphatic rings. The highest BCUT2D eigenvalue weighted by molar-refractivity contribution is 7.80. The summed E-state index contributed by atoms with van der Waals surface area (Å²) in [4.78, 5) is 0. The van der Waals surface area contributed by atoms with Crippen LogP contribution in [0.1, 0.15) is 36.8 Å². The summed E-state index contributed by atoms with van der Waals surface area (Å²) in [5, 5.41) is 8.26. The van der Waals surface area contributed by atoms with Gasteiger partial charge in [0.25, 0.3) is 0 Å². The fourth-order valence-electron chi connectivity index (χ4n) is 3.22. The third-order valence-electron chi connectivity index (χ3n) is 4.53. The molecule has 26 heavy (non-hydrogen) atoms. The van der Waals surface area contributed by atoms with Crippen molar-refractivity contribution in [2.24, 2.45) is 5.10 Å². The Kier molecular flexibility index (Phi) is 6.75. The zero-order valence-electron chi connectivity index (χ0n) is 15.0. The summed E-state index contributed by atoms with van der Waals surface area (Å²) in [6.45, 7) is 3.60. The molecule has 2 aromatic rings. The Bertz CT molecular complexity index is 688.